The first-order chi connectivity index (χ1) is 11.8. The van der Waals surface area contributed by atoms with Crippen molar-refractivity contribution in [1.82, 2.24) is 4.90 Å². The highest BCUT2D eigenvalue weighted by Crippen LogP contribution is 2.35. The third kappa shape index (κ3) is 7.58. The Kier molecular flexibility index (Phi) is 10.6. The van der Waals surface area contributed by atoms with Crippen molar-refractivity contribution in [2.45, 2.75) is 89.5 Å². The Hall–Kier alpha value is 0.140. The van der Waals surface area contributed by atoms with Gasteiger partial charge in [-0.05, 0) is 57.8 Å². The fourth-order valence-corrected chi connectivity index (χ4v) is 5.44. The standard InChI is InChI=1S/C21H36BrNS/c1-23-18-12-14-20(23)21-16-15-19(24-21)13-10-8-6-4-2-3-5-7-9-11-17-22/h15-16,20H,2-14,17-18H2,1H3. The minimum atomic E-state index is 0.707. The van der Waals surface area contributed by atoms with Gasteiger partial charge in [-0.3, -0.25) is 4.90 Å². The topological polar surface area (TPSA) is 3.24 Å². The Morgan fingerprint density at radius 3 is 2.17 bits per heavy atom. The van der Waals surface area contributed by atoms with Crippen LogP contribution in [0.2, 0.25) is 0 Å². The first kappa shape index (κ1) is 20.5. The van der Waals surface area contributed by atoms with Crippen molar-refractivity contribution in [3.63, 3.8) is 0 Å². The van der Waals surface area contributed by atoms with Crippen LogP contribution >= 0.6 is 27.3 Å². The normalized spacial score (nSPS) is 18.5. The summed E-state index contributed by atoms with van der Waals surface area (Å²) in [6.45, 7) is 1.27. The van der Waals surface area contributed by atoms with Gasteiger partial charge in [0.05, 0.1) is 0 Å². The molecule has 0 N–H and O–H groups in total. The minimum Gasteiger partial charge on any atom is -0.299 e. The second-order valence-corrected chi connectivity index (χ2v) is 9.41. The SMILES string of the molecule is CN1CCCC1c1ccc(CCCCCCCCCCCCBr)s1. The van der Waals surface area contributed by atoms with E-state index in [0.717, 1.165) is 0 Å². The van der Waals surface area contributed by atoms with Gasteiger partial charge < -0.3 is 0 Å². The van der Waals surface area contributed by atoms with Gasteiger partial charge in [-0.25, -0.2) is 0 Å². The van der Waals surface area contributed by atoms with Gasteiger partial charge in [0, 0.05) is 21.1 Å². The second-order valence-electron chi connectivity index (χ2n) is 7.42. The molecule has 0 bridgehead atoms. The molecule has 1 atom stereocenters. The van der Waals surface area contributed by atoms with Crippen LogP contribution in [-0.2, 0) is 6.42 Å². The molecule has 0 aliphatic carbocycles. The third-order valence-corrected chi connectivity index (χ3v) is 7.15. The summed E-state index contributed by atoms with van der Waals surface area (Å²) >= 11 is 5.57. The van der Waals surface area contributed by atoms with Crippen molar-refractivity contribution >= 4 is 27.3 Å². The average molecular weight is 414 g/mol. The molecule has 1 nitrogen and oxygen atoms in total. The highest BCUT2D eigenvalue weighted by Gasteiger charge is 2.23. The lowest BCUT2D eigenvalue weighted by Crippen LogP contribution is -2.16. The van der Waals surface area contributed by atoms with Crippen LogP contribution in [0.1, 0.15) is 92.8 Å². The number of hydrogen-bond acceptors (Lipinski definition) is 2. The van der Waals surface area contributed by atoms with Gasteiger partial charge in [-0.2, -0.15) is 0 Å². The maximum absolute atomic E-state index is 3.50. The van der Waals surface area contributed by atoms with Crippen molar-refractivity contribution < 1.29 is 0 Å². The average Bonchev–Trinajstić information content (AvgIpc) is 3.21. The minimum absolute atomic E-state index is 0.707. The highest BCUT2D eigenvalue weighted by molar-refractivity contribution is 9.09. The summed E-state index contributed by atoms with van der Waals surface area (Å²) in [4.78, 5) is 5.73. The molecule has 0 aromatic carbocycles. The summed E-state index contributed by atoms with van der Waals surface area (Å²) < 4.78 is 0. The molecule has 1 unspecified atom stereocenters. The zero-order valence-corrected chi connectivity index (χ0v) is 18.0. The molecule has 1 aromatic rings. The Morgan fingerprint density at radius 2 is 1.58 bits per heavy atom. The van der Waals surface area contributed by atoms with Crippen LogP contribution in [0.15, 0.2) is 12.1 Å². The van der Waals surface area contributed by atoms with Crippen molar-refractivity contribution in [3.8, 4) is 0 Å². The van der Waals surface area contributed by atoms with E-state index in [-0.39, 0.29) is 0 Å². The number of thiophene rings is 1. The van der Waals surface area contributed by atoms with Crippen molar-refractivity contribution in [2.24, 2.45) is 0 Å². The second kappa shape index (κ2) is 12.5. The summed E-state index contributed by atoms with van der Waals surface area (Å²) in [6.07, 6.45) is 18.2. The van der Waals surface area contributed by atoms with Gasteiger partial charge in [0.1, 0.15) is 0 Å². The maximum atomic E-state index is 3.50. The van der Waals surface area contributed by atoms with E-state index in [1.54, 1.807) is 9.75 Å². The van der Waals surface area contributed by atoms with Crippen LogP contribution in [-0.4, -0.2) is 23.8 Å². The molecule has 0 radical (unpaired) electrons. The molecule has 1 saturated heterocycles. The zero-order valence-electron chi connectivity index (χ0n) is 15.6. The number of halogens is 1. The summed E-state index contributed by atoms with van der Waals surface area (Å²) in [6, 6.07) is 5.49. The lowest BCUT2D eigenvalue weighted by molar-refractivity contribution is 0.321. The molecule has 0 amide bonds. The van der Waals surface area contributed by atoms with Crippen molar-refractivity contribution in [3.05, 3.63) is 21.9 Å². The molecule has 2 rings (SSSR count). The summed E-state index contributed by atoms with van der Waals surface area (Å²) in [7, 11) is 2.28. The van der Waals surface area contributed by atoms with E-state index in [2.05, 4.69) is 51.3 Å². The van der Waals surface area contributed by atoms with Crippen molar-refractivity contribution in [2.75, 3.05) is 18.9 Å². The monoisotopic (exact) mass is 413 g/mol. The molecule has 1 aliphatic rings. The zero-order chi connectivity index (χ0) is 17.0. The van der Waals surface area contributed by atoms with E-state index >= 15 is 0 Å². The number of rotatable bonds is 13. The van der Waals surface area contributed by atoms with E-state index in [0.29, 0.717) is 6.04 Å². The first-order valence-corrected chi connectivity index (χ1v) is 12.1. The molecular weight excluding hydrogens is 378 g/mol. The van der Waals surface area contributed by atoms with Gasteiger partial charge >= 0.3 is 0 Å². The maximum Gasteiger partial charge on any atom is 0.0439 e. The van der Waals surface area contributed by atoms with Gasteiger partial charge in [0.2, 0.25) is 0 Å². The van der Waals surface area contributed by atoms with Crippen LogP contribution in [0, 0.1) is 0 Å². The highest BCUT2D eigenvalue weighted by atomic mass is 79.9. The molecule has 24 heavy (non-hydrogen) atoms. The molecule has 1 aliphatic heterocycles. The van der Waals surface area contributed by atoms with E-state index in [1.165, 1.54) is 95.3 Å². The van der Waals surface area contributed by atoms with Gasteiger partial charge in [-0.15, -0.1) is 11.3 Å². The Morgan fingerprint density at radius 1 is 0.958 bits per heavy atom. The molecular formula is C21H36BrNS. The number of likely N-dealkylation sites (tertiary alicyclic amines) is 1. The van der Waals surface area contributed by atoms with Crippen LogP contribution in [0.5, 0.6) is 0 Å². The number of nitrogens with zero attached hydrogens (tertiary/aromatic N) is 1. The Labute approximate surface area is 162 Å². The molecule has 1 fully saturated rings. The third-order valence-electron chi connectivity index (χ3n) is 5.34. The van der Waals surface area contributed by atoms with Crippen LogP contribution in [0.3, 0.4) is 0 Å². The lowest BCUT2D eigenvalue weighted by Gasteiger charge is -2.17. The first-order valence-electron chi connectivity index (χ1n) is 10.2. The largest absolute Gasteiger partial charge is 0.299 e. The van der Waals surface area contributed by atoms with E-state index in [9.17, 15) is 0 Å². The molecule has 138 valence electrons. The molecule has 0 saturated carbocycles. The van der Waals surface area contributed by atoms with Gasteiger partial charge in [0.15, 0.2) is 0 Å². The van der Waals surface area contributed by atoms with Crippen molar-refractivity contribution in [1.29, 1.82) is 0 Å². The quantitative estimate of drug-likeness (QED) is 0.241. The van der Waals surface area contributed by atoms with E-state index < -0.39 is 0 Å². The Bertz CT molecular complexity index is 431. The van der Waals surface area contributed by atoms with E-state index in [1.807, 2.05) is 0 Å². The summed E-state index contributed by atoms with van der Waals surface area (Å²) in [5, 5.41) is 1.18. The summed E-state index contributed by atoms with van der Waals surface area (Å²) in [5.41, 5.74) is 0. The number of aryl methyl sites for hydroxylation is 1. The van der Waals surface area contributed by atoms with Crippen LogP contribution in [0.4, 0.5) is 0 Å². The molecule has 0 spiro atoms. The van der Waals surface area contributed by atoms with Gasteiger partial charge in [-0.1, -0.05) is 67.3 Å². The summed E-state index contributed by atoms with van der Waals surface area (Å²) in [5.74, 6) is 0. The van der Waals surface area contributed by atoms with Gasteiger partial charge in [0.25, 0.3) is 0 Å². The number of hydrogen-bond donors (Lipinski definition) is 0. The lowest BCUT2D eigenvalue weighted by atomic mass is 10.1. The van der Waals surface area contributed by atoms with Crippen LogP contribution in [0.25, 0.3) is 0 Å². The predicted molar refractivity (Wildman–Crippen MR) is 113 cm³/mol. The fourth-order valence-electron chi connectivity index (χ4n) is 3.79. The molecule has 1 aromatic heterocycles. The van der Waals surface area contributed by atoms with E-state index in [4.69, 9.17) is 0 Å². The molecule has 2 heterocycles. The smallest absolute Gasteiger partial charge is 0.0439 e. The predicted octanol–water partition coefficient (Wildman–Crippen LogP) is 7.35. The number of unbranched alkanes of at least 4 members (excludes halogenated alkanes) is 9. The fraction of sp³-hybridized carbons (Fsp3) is 0.810. The van der Waals surface area contributed by atoms with Crippen LogP contribution < -0.4 is 0 Å². The number of alkyl halides is 1. The molecule has 3 heteroatoms. The Balaban J connectivity index is 1.46.